The Morgan fingerprint density at radius 2 is 2.00 bits per heavy atom. The van der Waals surface area contributed by atoms with E-state index in [-0.39, 0.29) is 12.5 Å². The van der Waals surface area contributed by atoms with Crippen LogP contribution in [-0.4, -0.2) is 48.6 Å². The minimum Gasteiger partial charge on any atom is -0.480 e. The van der Waals surface area contributed by atoms with Crippen molar-refractivity contribution in [2.24, 2.45) is 0 Å². The molecule has 0 saturated carbocycles. The number of likely N-dealkylation sites (N-methyl/N-ethyl adjacent to an activating group) is 1. The first-order valence-corrected chi connectivity index (χ1v) is 3.61. The quantitative estimate of drug-likeness (QED) is 0.581. The lowest BCUT2D eigenvalue weighted by atomic mass is 10.3. The number of hydrogen-bond donors (Lipinski definition) is 2. The molecule has 0 heterocycles. The van der Waals surface area contributed by atoms with Gasteiger partial charge in [-0.05, 0) is 6.92 Å². The van der Waals surface area contributed by atoms with Gasteiger partial charge in [-0.25, -0.2) is 0 Å². The van der Waals surface area contributed by atoms with Crippen molar-refractivity contribution in [1.29, 1.82) is 0 Å². The van der Waals surface area contributed by atoms with Gasteiger partial charge in [0.1, 0.15) is 6.04 Å². The van der Waals surface area contributed by atoms with Gasteiger partial charge in [0, 0.05) is 14.1 Å². The molecule has 12 heavy (non-hydrogen) atoms. The minimum absolute atomic E-state index is 0.0560. The molecule has 0 aromatic heterocycles. The fourth-order valence-corrected chi connectivity index (χ4v) is 0.486. The van der Waals surface area contributed by atoms with Crippen molar-refractivity contribution in [2.45, 2.75) is 13.0 Å². The van der Waals surface area contributed by atoms with Gasteiger partial charge in [-0.15, -0.1) is 0 Å². The first kappa shape index (κ1) is 10.9. The fourth-order valence-electron chi connectivity index (χ4n) is 0.486. The van der Waals surface area contributed by atoms with E-state index in [1.807, 2.05) is 0 Å². The molecule has 0 aliphatic rings. The molecule has 5 nitrogen and oxygen atoms in total. The van der Waals surface area contributed by atoms with Gasteiger partial charge in [-0.3, -0.25) is 14.9 Å². The Bertz CT molecular complexity index is 179. The molecule has 0 aromatic carbocycles. The van der Waals surface area contributed by atoms with Crippen molar-refractivity contribution < 1.29 is 14.7 Å². The van der Waals surface area contributed by atoms with Gasteiger partial charge in [0.25, 0.3) is 0 Å². The average Bonchev–Trinajstić information content (AvgIpc) is 1.98. The number of rotatable bonds is 4. The summed E-state index contributed by atoms with van der Waals surface area (Å²) >= 11 is 0. The third-order valence-electron chi connectivity index (χ3n) is 1.43. The van der Waals surface area contributed by atoms with Crippen molar-refractivity contribution in [3.8, 4) is 0 Å². The first-order valence-electron chi connectivity index (χ1n) is 3.61. The van der Waals surface area contributed by atoms with E-state index in [2.05, 4.69) is 5.32 Å². The van der Waals surface area contributed by atoms with Gasteiger partial charge in [-0.2, -0.15) is 0 Å². The molecule has 1 amide bonds. The minimum atomic E-state index is -0.957. The number of nitrogens with one attached hydrogen (secondary N) is 1. The lowest BCUT2D eigenvalue weighted by Gasteiger charge is -2.12. The average molecular weight is 174 g/mol. The lowest BCUT2D eigenvalue weighted by molar-refractivity contribution is -0.139. The number of carbonyl (C=O) groups excluding carboxylic acids is 1. The molecule has 0 aliphatic carbocycles. The molecule has 1 atom stereocenters. The normalized spacial score (nSPS) is 12.2. The van der Waals surface area contributed by atoms with Crippen molar-refractivity contribution in [3.05, 3.63) is 0 Å². The molecule has 0 fully saturated rings. The van der Waals surface area contributed by atoms with E-state index >= 15 is 0 Å². The van der Waals surface area contributed by atoms with Crippen LogP contribution in [0.15, 0.2) is 0 Å². The van der Waals surface area contributed by atoms with Crippen LogP contribution in [-0.2, 0) is 9.59 Å². The summed E-state index contributed by atoms with van der Waals surface area (Å²) in [7, 11) is 3.24. The molecule has 5 heteroatoms. The van der Waals surface area contributed by atoms with Crippen LogP contribution in [0.4, 0.5) is 0 Å². The molecule has 0 aliphatic heterocycles. The predicted molar refractivity (Wildman–Crippen MR) is 43.8 cm³/mol. The Kier molecular flexibility index (Phi) is 4.28. The molecule has 0 radical (unpaired) electrons. The van der Waals surface area contributed by atoms with E-state index in [1.165, 1.54) is 11.8 Å². The number of nitrogens with zero attached hydrogens (tertiary/aromatic N) is 1. The Morgan fingerprint density at radius 3 is 2.33 bits per heavy atom. The lowest BCUT2D eigenvalue weighted by Crippen LogP contribution is -2.40. The number of aliphatic carboxylic acids is 1. The summed E-state index contributed by atoms with van der Waals surface area (Å²) in [6.07, 6.45) is 0. The van der Waals surface area contributed by atoms with Crippen LogP contribution < -0.4 is 5.32 Å². The predicted octanol–water partition coefficient (Wildman–Crippen LogP) is -0.863. The van der Waals surface area contributed by atoms with Crippen LogP contribution in [0.3, 0.4) is 0 Å². The standard InChI is InChI=1S/C7H14N2O3/c1-5(7(11)12)8-4-6(10)9(2)3/h5,8H,4H2,1-3H3,(H,11,12)/t5-/m0/s1. The summed E-state index contributed by atoms with van der Waals surface area (Å²) in [5.74, 6) is -1.09. The SMILES string of the molecule is C[C@H](NCC(=O)N(C)C)C(=O)O. The number of hydrogen-bond acceptors (Lipinski definition) is 3. The monoisotopic (exact) mass is 174 g/mol. The maximum atomic E-state index is 10.9. The molecule has 0 saturated heterocycles. The Hall–Kier alpha value is -1.10. The molecule has 70 valence electrons. The zero-order chi connectivity index (χ0) is 9.72. The van der Waals surface area contributed by atoms with E-state index in [4.69, 9.17) is 5.11 Å². The summed E-state index contributed by atoms with van der Waals surface area (Å²) in [6, 6.07) is -0.686. The zero-order valence-corrected chi connectivity index (χ0v) is 7.50. The van der Waals surface area contributed by atoms with Crippen LogP contribution in [0.1, 0.15) is 6.92 Å². The van der Waals surface area contributed by atoms with Crippen molar-refractivity contribution in [2.75, 3.05) is 20.6 Å². The third kappa shape index (κ3) is 3.92. The molecular formula is C7H14N2O3. The van der Waals surface area contributed by atoms with Gasteiger partial charge >= 0.3 is 5.97 Å². The summed E-state index contributed by atoms with van der Waals surface area (Å²) in [5.41, 5.74) is 0. The van der Waals surface area contributed by atoms with Gasteiger partial charge in [-0.1, -0.05) is 0 Å². The topological polar surface area (TPSA) is 69.6 Å². The molecule has 0 spiro atoms. The number of carboxylic acid groups (broad SMARTS) is 1. The van der Waals surface area contributed by atoms with Crippen LogP contribution in [0.2, 0.25) is 0 Å². The highest BCUT2D eigenvalue weighted by molar-refractivity contribution is 5.79. The second-order valence-electron chi connectivity index (χ2n) is 2.73. The zero-order valence-electron chi connectivity index (χ0n) is 7.50. The summed E-state index contributed by atoms with van der Waals surface area (Å²) < 4.78 is 0. The summed E-state index contributed by atoms with van der Waals surface area (Å²) in [4.78, 5) is 22.6. The number of amides is 1. The second-order valence-corrected chi connectivity index (χ2v) is 2.73. The van der Waals surface area contributed by atoms with Crippen molar-refractivity contribution in [3.63, 3.8) is 0 Å². The van der Waals surface area contributed by atoms with Crippen molar-refractivity contribution in [1.82, 2.24) is 10.2 Å². The second kappa shape index (κ2) is 4.71. The van der Waals surface area contributed by atoms with Crippen LogP contribution in [0.5, 0.6) is 0 Å². The Balaban J connectivity index is 3.69. The summed E-state index contributed by atoms with van der Waals surface area (Å²) in [5, 5.41) is 11.0. The molecule has 2 N–H and O–H groups in total. The molecule has 0 bridgehead atoms. The summed E-state index contributed by atoms with van der Waals surface area (Å²) in [6.45, 7) is 1.55. The highest BCUT2D eigenvalue weighted by Crippen LogP contribution is 1.82. The van der Waals surface area contributed by atoms with E-state index < -0.39 is 12.0 Å². The van der Waals surface area contributed by atoms with Crippen LogP contribution >= 0.6 is 0 Å². The van der Waals surface area contributed by atoms with E-state index in [1.54, 1.807) is 14.1 Å². The highest BCUT2D eigenvalue weighted by Gasteiger charge is 2.11. The Morgan fingerprint density at radius 1 is 1.50 bits per heavy atom. The molecule has 0 unspecified atom stereocenters. The largest absolute Gasteiger partial charge is 0.480 e. The van der Waals surface area contributed by atoms with Gasteiger partial charge in [0.05, 0.1) is 6.54 Å². The molecular weight excluding hydrogens is 160 g/mol. The maximum absolute atomic E-state index is 10.9. The van der Waals surface area contributed by atoms with Crippen molar-refractivity contribution >= 4 is 11.9 Å². The number of carboxylic acids is 1. The smallest absolute Gasteiger partial charge is 0.320 e. The first-order chi connectivity index (χ1) is 5.45. The van der Waals surface area contributed by atoms with Crippen LogP contribution in [0.25, 0.3) is 0 Å². The van der Waals surface area contributed by atoms with E-state index in [9.17, 15) is 9.59 Å². The van der Waals surface area contributed by atoms with Gasteiger partial charge in [0.2, 0.25) is 5.91 Å². The Labute approximate surface area is 71.4 Å². The van der Waals surface area contributed by atoms with E-state index in [0.29, 0.717) is 0 Å². The van der Waals surface area contributed by atoms with E-state index in [0.717, 1.165) is 0 Å². The molecule has 0 aromatic rings. The van der Waals surface area contributed by atoms with Crippen LogP contribution in [0, 0.1) is 0 Å². The van der Waals surface area contributed by atoms with Gasteiger partial charge < -0.3 is 10.0 Å². The maximum Gasteiger partial charge on any atom is 0.320 e. The fraction of sp³-hybridized carbons (Fsp3) is 0.714. The highest BCUT2D eigenvalue weighted by atomic mass is 16.4. The third-order valence-corrected chi connectivity index (χ3v) is 1.43. The van der Waals surface area contributed by atoms with Gasteiger partial charge in [0.15, 0.2) is 0 Å². The molecule has 0 rings (SSSR count). The number of carbonyl (C=O) groups is 2.